The molecule has 4 rings (SSSR count). The Bertz CT molecular complexity index is 845. The molecule has 0 atom stereocenters. The zero-order valence-corrected chi connectivity index (χ0v) is 14.7. The van der Waals surface area contributed by atoms with Crippen molar-refractivity contribution in [2.75, 3.05) is 0 Å². The fourth-order valence-corrected chi connectivity index (χ4v) is 3.87. The molecule has 5 nitrogen and oxygen atoms in total. The number of oxazole rings is 1. The van der Waals surface area contributed by atoms with Gasteiger partial charge >= 0.3 is 0 Å². The van der Waals surface area contributed by atoms with Crippen LogP contribution in [0.4, 0.5) is 0 Å². The maximum Gasteiger partial charge on any atom is 0.205 e. The minimum absolute atomic E-state index is 0.638. The number of fused-ring (bicyclic) bond motifs is 1. The number of aryl methyl sites for hydroxylation is 1. The molecule has 2 aromatic heterocycles. The highest BCUT2D eigenvalue weighted by atomic mass is 35.5. The third-order valence-corrected chi connectivity index (χ3v) is 5.25. The van der Waals surface area contributed by atoms with Crippen molar-refractivity contribution in [2.45, 2.75) is 43.1 Å². The average Bonchev–Trinajstić information content (AvgIpc) is 3.14. The first-order valence-corrected chi connectivity index (χ1v) is 9.41. The quantitative estimate of drug-likeness (QED) is 0.636. The molecule has 0 unspecified atom stereocenters. The summed E-state index contributed by atoms with van der Waals surface area (Å²) >= 11 is 7.65. The number of aromatic nitrogens is 4. The fraction of sp³-hybridized carbons (Fsp3) is 0.353. The van der Waals surface area contributed by atoms with E-state index in [1.165, 1.54) is 19.3 Å². The van der Waals surface area contributed by atoms with E-state index in [0.717, 1.165) is 35.3 Å². The van der Waals surface area contributed by atoms with Gasteiger partial charge in [0.15, 0.2) is 10.9 Å². The number of rotatable bonds is 4. The molecule has 0 fully saturated rings. The minimum atomic E-state index is 0.638. The van der Waals surface area contributed by atoms with Crippen LogP contribution in [-0.2, 0) is 18.7 Å². The molecule has 0 amide bonds. The van der Waals surface area contributed by atoms with E-state index in [1.54, 1.807) is 18.0 Å². The summed E-state index contributed by atoms with van der Waals surface area (Å²) in [6.45, 7) is 1.00. The highest BCUT2D eigenvalue weighted by Crippen LogP contribution is 2.27. The highest BCUT2D eigenvalue weighted by Gasteiger charge is 2.16. The van der Waals surface area contributed by atoms with Crippen molar-refractivity contribution in [3.63, 3.8) is 0 Å². The molecule has 124 valence electrons. The van der Waals surface area contributed by atoms with Crippen molar-refractivity contribution in [3.8, 4) is 11.3 Å². The minimum Gasteiger partial charge on any atom is -0.440 e. The monoisotopic (exact) mass is 360 g/mol. The van der Waals surface area contributed by atoms with Crippen LogP contribution in [0.5, 0.6) is 0 Å². The molecule has 0 N–H and O–H groups in total. The average molecular weight is 361 g/mol. The number of hydrogen-bond donors (Lipinski definition) is 0. The molecular weight excluding hydrogens is 344 g/mol. The van der Waals surface area contributed by atoms with E-state index in [4.69, 9.17) is 16.0 Å². The SMILES string of the molecule is Clc1cccc(-c2cnc(CSc3nnc4n3CCCCC4)o2)c1. The second kappa shape index (κ2) is 6.99. The lowest BCUT2D eigenvalue weighted by molar-refractivity contribution is 0.529. The Morgan fingerprint density at radius 1 is 1.21 bits per heavy atom. The van der Waals surface area contributed by atoms with Gasteiger partial charge in [0.25, 0.3) is 0 Å². The molecule has 3 aromatic rings. The third kappa shape index (κ3) is 3.35. The summed E-state index contributed by atoms with van der Waals surface area (Å²) in [6, 6.07) is 7.58. The van der Waals surface area contributed by atoms with E-state index in [1.807, 2.05) is 24.3 Å². The maximum atomic E-state index is 6.03. The number of nitrogens with zero attached hydrogens (tertiary/aromatic N) is 4. The molecule has 0 bridgehead atoms. The zero-order chi connectivity index (χ0) is 16.4. The molecular formula is C17H17ClN4OS. The van der Waals surface area contributed by atoms with Crippen LogP contribution < -0.4 is 0 Å². The number of halogens is 1. The molecule has 24 heavy (non-hydrogen) atoms. The van der Waals surface area contributed by atoms with Crippen LogP contribution in [0.15, 0.2) is 40.0 Å². The summed E-state index contributed by atoms with van der Waals surface area (Å²) in [5.74, 6) is 3.15. The number of hydrogen-bond acceptors (Lipinski definition) is 5. The summed E-state index contributed by atoms with van der Waals surface area (Å²) in [6.07, 6.45) is 6.41. The highest BCUT2D eigenvalue weighted by molar-refractivity contribution is 7.98. The normalized spacial score (nSPS) is 14.4. The van der Waals surface area contributed by atoms with Gasteiger partial charge in [-0.15, -0.1) is 10.2 Å². The van der Waals surface area contributed by atoms with E-state index in [0.29, 0.717) is 16.7 Å². The van der Waals surface area contributed by atoms with E-state index in [-0.39, 0.29) is 0 Å². The van der Waals surface area contributed by atoms with Gasteiger partial charge in [-0.3, -0.25) is 0 Å². The standard InChI is InChI=1S/C17H17ClN4OS/c18-13-6-4-5-12(9-13)14-10-19-16(23-14)11-24-17-21-20-15-7-2-1-3-8-22(15)17/h4-6,9-10H,1-3,7-8,11H2. The lowest BCUT2D eigenvalue weighted by Crippen LogP contribution is -2.02. The Hall–Kier alpha value is -1.79. The van der Waals surface area contributed by atoms with Crippen LogP contribution in [0, 0.1) is 0 Å². The van der Waals surface area contributed by atoms with Crippen LogP contribution in [0.1, 0.15) is 31.0 Å². The van der Waals surface area contributed by atoms with Crippen molar-refractivity contribution in [1.29, 1.82) is 0 Å². The van der Waals surface area contributed by atoms with Gasteiger partial charge in [0.05, 0.1) is 11.9 Å². The molecule has 0 radical (unpaired) electrons. The summed E-state index contributed by atoms with van der Waals surface area (Å²) in [4.78, 5) is 4.36. The van der Waals surface area contributed by atoms with Crippen LogP contribution in [0.3, 0.4) is 0 Å². The summed E-state index contributed by atoms with van der Waals surface area (Å²) in [7, 11) is 0. The first-order valence-electron chi connectivity index (χ1n) is 8.05. The third-order valence-electron chi connectivity index (χ3n) is 4.06. The lowest BCUT2D eigenvalue weighted by Gasteiger charge is -2.05. The molecule has 7 heteroatoms. The van der Waals surface area contributed by atoms with E-state index in [9.17, 15) is 0 Å². The van der Waals surface area contributed by atoms with Crippen LogP contribution in [-0.4, -0.2) is 19.7 Å². The maximum absolute atomic E-state index is 6.03. The largest absolute Gasteiger partial charge is 0.440 e. The van der Waals surface area contributed by atoms with Crippen molar-refractivity contribution in [2.24, 2.45) is 0 Å². The van der Waals surface area contributed by atoms with Crippen LogP contribution >= 0.6 is 23.4 Å². The van der Waals surface area contributed by atoms with Gasteiger partial charge in [-0.05, 0) is 25.0 Å². The Kier molecular flexibility index (Phi) is 4.58. The summed E-state index contributed by atoms with van der Waals surface area (Å²) < 4.78 is 8.08. The van der Waals surface area contributed by atoms with E-state index >= 15 is 0 Å². The smallest absolute Gasteiger partial charge is 0.205 e. The molecule has 0 aliphatic carbocycles. The molecule has 1 aliphatic heterocycles. The second-order valence-corrected chi connectivity index (χ2v) is 7.16. The fourth-order valence-electron chi connectivity index (χ4n) is 2.84. The van der Waals surface area contributed by atoms with Crippen molar-refractivity contribution in [3.05, 3.63) is 47.2 Å². The predicted octanol–water partition coefficient (Wildman–Crippen LogP) is 4.61. The Labute approximate surface area is 149 Å². The van der Waals surface area contributed by atoms with Gasteiger partial charge in [-0.2, -0.15) is 0 Å². The second-order valence-electron chi connectivity index (χ2n) is 5.78. The van der Waals surface area contributed by atoms with Crippen LogP contribution in [0.2, 0.25) is 5.02 Å². The van der Waals surface area contributed by atoms with E-state index < -0.39 is 0 Å². The Balaban J connectivity index is 1.46. The van der Waals surface area contributed by atoms with Gasteiger partial charge < -0.3 is 8.98 Å². The summed E-state index contributed by atoms with van der Waals surface area (Å²) in [5.41, 5.74) is 0.933. The molecule has 0 spiro atoms. The van der Waals surface area contributed by atoms with Gasteiger partial charge in [0, 0.05) is 23.6 Å². The van der Waals surface area contributed by atoms with Gasteiger partial charge in [0.1, 0.15) is 5.82 Å². The van der Waals surface area contributed by atoms with Crippen LogP contribution in [0.25, 0.3) is 11.3 Å². The zero-order valence-electron chi connectivity index (χ0n) is 13.1. The molecule has 3 heterocycles. The Morgan fingerprint density at radius 2 is 2.17 bits per heavy atom. The lowest BCUT2D eigenvalue weighted by atomic mass is 10.2. The van der Waals surface area contributed by atoms with Crippen molar-refractivity contribution in [1.82, 2.24) is 19.7 Å². The molecule has 0 saturated heterocycles. The first kappa shape index (κ1) is 15.7. The van der Waals surface area contributed by atoms with Gasteiger partial charge in [0.2, 0.25) is 5.89 Å². The number of thioether (sulfide) groups is 1. The van der Waals surface area contributed by atoms with Gasteiger partial charge in [-0.25, -0.2) is 4.98 Å². The predicted molar refractivity (Wildman–Crippen MR) is 94.1 cm³/mol. The molecule has 1 aromatic carbocycles. The first-order chi connectivity index (χ1) is 11.8. The molecule has 0 saturated carbocycles. The topological polar surface area (TPSA) is 56.7 Å². The van der Waals surface area contributed by atoms with Gasteiger partial charge in [-0.1, -0.05) is 41.9 Å². The number of benzene rings is 1. The van der Waals surface area contributed by atoms with E-state index in [2.05, 4.69) is 19.7 Å². The summed E-state index contributed by atoms with van der Waals surface area (Å²) in [5, 5.41) is 10.3. The molecule has 1 aliphatic rings. The van der Waals surface area contributed by atoms with Crippen molar-refractivity contribution < 1.29 is 4.42 Å². The Morgan fingerprint density at radius 3 is 3.08 bits per heavy atom. The van der Waals surface area contributed by atoms with Crippen molar-refractivity contribution >= 4 is 23.4 Å².